The zero-order chi connectivity index (χ0) is 19.3. The summed E-state index contributed by atoms with van der Waals surface area (Å²) >= 11 is 0. The van der Waals surface area contributed by atoms with Crippen LogP contribution in [0.4, 0.5) is 8.78 Å². The number of hydrogen-bond acceptors (Lipinski definition) is 3. The van der Waals surface area contributed by atoms with Gasteiger partial charge in [0.2, 0.25) is 5.78 Å². The summed E-state index contributed by atoms with van der Waals surface area (Å²) in [7, 11) is 0. The van der Waals surface area contributed by atoms with E-state index in [1.54, 1.807) is 6.92 Å². The predicted molar refractivity (Wildman–Crippen MR) is 93.0 cm³/mol. The highest BCUT2D eigenvalue weighted by Crippen LogP contribution is 2.39. The molecule has 4 atom stereocenters. The second-order valence-corrected chi connectivity index (χ2v) is 7.99. The van der Waals surface area contributed by atoms with E-state index in [1.165, 1.54) is 0 Å². The number of alkyl halides is 2. The summed E-state index contributed by atoms with van der Waals surface area (Å²) in [6.45, 7) is 1.71. The standard InChI is InChI=1S/C20H30F2O4/c1-2-13-12-20(21,22)18(24)11-9-14-8-10-17(23)15(14)6-4-3-5-7-16(13)19(25)26/h13-16H,2-12H2,1H3,(H,25,26)/t13-,14+,15?,16?/m0/s1. The molecule has 0 saturated heterocycles. The summed E-state index contributed by atoms with van der Waals surface area (Å²) in [6.07, 6.45) is 4.30. The van der Waals surface area contributed by atoms with Crippen LogP contribution < -0.4 is 0 Å². The van der Waals surface area contributed by atoms with E-state index in [-0.39, 0.29) is 24.0 Å². The molecular formula is C20H30F2O4. The molecule has 0 spiro atoms. The highest BCUT2D eigenvalue weighted by atomic mass is 19.3. The number of carbonyl (C=O) groups is 3. The van der Waals surface area contributed by atoms with E-state index < -0.39 is 35.9 Å². The summed E-state index contributed by atoms with van der Waals surface area (Å²) in [5.41, 5.74) is 0. The number of carbonyl (C=O) groups excluding carboxylic acids is 2. The Labute approximate surface area is 153 Å². The summed E-state index contributed by atoms with van der Waals surface area (Å²) in [6, 6.07) is 0. The fraction of sp³-hybridized carbons (Fsp3) is 0.850. The Hall–Kier alpha value is -1.33. The van der Waals surface area contributed by atoms with Crippen LogP contribution in [0.1, 0.15) is 77.6 Å². The molecule has 0 heterocycles. The molecule has 2 unspecified atom stereocenters. The van der Waals surface area contributed by atoms with Crippen LogP contribution in [-0.4, -0.2) is 28.6 Å². The first-order valence-electron chi connectivity index (χ1n) is 9.93. The molecule has 4 nitrogen and oxygen atoms in total. The third-order valence-corrected chi connectivity index (χ3v) is 6.35. The molecule has 148 valence electrons. The first-order chi connectivity index (χ1) is 12.3. The maximum atomic E-state index is 14.5. The molecule has 0 amide bonds. The van der Waals surface area contributed by atoms with Crippen LogP contribution in [0.5, 0.6) is 0 Å². The average Bonchev–Trinajstić information content (AvgIpc) is 2.93. The molecule has 2 fully saturated rings. The minimum Gasteiger partial charge on any atom is -0.481 e. The van der Waals surface area contributed by atoms with Crippen molar-refractivity contribution in [3.8, 4) is 0 Å². The van der Waals surface area contributed by atoms with Gasteiger partial charge in [-0.3, -0.25) is 14.4 Å². The maximum absolute atomic E-state index is 14.5. The van der Waals surface area contributed by atoms with Crippen molar-refractivity contribution in [2.45, 2.75) is 83.5 Å². The van der Waals surface area contributed by atoms with Crippen LogP contribution in [0.15, 0.2) is 0 Å². The lowest BCUT2D eigenvalue weighted by Gasteiger charge is -2.27. The first-order valence-corrected chi connectivity index (χ1v) is 9.93. The number of Topliss-reactive ketones (excluding diaryl/α,β-unsaturated/α-hetero) is 2. The second kappa shape index (κ2) is 9.05. The van der Waals surface area contributed by atoms with E-state index in [4.69, 9.17) is 0 Å². The van der Waals surface area contributed by atoms with Gasteiger partial charge < -0.3 is 5.11 Å². The van der Waals surface area contributed by atoms with Crippen LogP contribution in [0.3, 0.4) is 0 Å². The number of carboxylic acid groups (broad SMARTS) is 1. The minimum absolute atomic E-state index is 0.0407. The fourth-order valence-electron chi connectivity index (χ4n) is 4.70. The van der Waals surface area contributed by atoms with E-state index in [9.17, 15) is 28.3 Å². The molecular weight excluding hydrogens is 342 g/mol. The zero-order valence-electron chi connectivity index (χ0n) is 15.5. The number of fused-ring (bicyclic) bond motifs is 1. The number of ketones is 2. The van der Waals surface area contributed by atoms with Crippen LogP contribution >= 0.6 is 0 Å². The highest BCUT2D eigenvalue weighted by Gasteiger charge is 2.44. The molecule has 1 N–H and O–H groups in total. The largest absolute Gasteiger partial charge is 0.481 e. The van der Waals surface area contributed by atoms with Gasteiger partial charge in [0.15, 0.2) is 0 Å². The second-order valence-electron chi connectivity index (χ2n) is 7.99. The van der Waals surface area contributed by atoms with Gasteiger partial charge in [0.1, 0.15) is 5.78 Å². The molecule has 2 aliphatic carbocycles. The van der Waals surface area contributed by atoms with Gasteiger partial charge in [-0.2, -0.15) is 8.78 Å². The van der Waals surface area contributed by atoms with Gasteiger partial charge in [-0.25, -0.2) is 0 Å². The Bertz CT molecular complexity index is 532. The van der Waals surface area contributed by atoms with Gasteiger partial charge in [-0.05, 0) is 37.5 Å². The van der Waals surface area contributed by atoms with Crippen molar-refractivity contribution in [1.29, 1.82) is 0 Å². The maximum Gasteiger partial charge on any atom is 0.306 e. The molecule has 0 aliphatic heterocycles. The Morgan fingerprint density at radius 1 is 1.08 bits per heavy atom. The third-order valence-electron chi connectivity index (χ3n) is 6.35. The van der Waals surface area contributed by atoms with E-state index in [1.807, 2.05) is 0 Å². The normalized spacial score (nSPS) is 34.1. The van der Waals surface area contributed by atoms with Gasteiger partial charge in [-0.15, -0.1) is 0 Å². The number of halogens is 2. The topological polar surface area (TPSA) is 71.4 Å². The highest BCUT2D eigenvalue weighted by molar-refractivity contribution is 5.86. The molecule has 0 radical (unpaired) electrons. The Morgan fingerprint density at radius 2 is 1.73 bits per heavy atom. The van der Waals surface area contributed by atoms with Gasteiger partial charge in [0, 0.05) is 25.2 Å². The number of aliphatic carboxylic acids is 1. The monoisotopic (exact) mass is 372 g/mol. The van der Waals surface area contributed by atoms with Crippen molar-refractivity contribution < 1.29 is 28.3 Å². The Morgan fingerprint density at radius 3 is 2.38 bits per heavy atom. The van der Waals surface area contributed by atoms with Crippen molar-refractivity contribution >= 4 is 17.5 Å². The molecule has 2 saturated carbocycles. The Kier molecular flexibility index (Phi) is 7.30. The minimum atomic E-state index is -3.49. The van der Waals surface area contributed by atoms with Crippen molar-refractivity contribution in [1.82, 2.24) is 0 Å². The summed E-state index contributed by atoms with van der Waals surface area (Å²) in [4.78, 5) is 35.8. The molecule has 2 aliphatic rings. The smallest absolute Gasteiger partial charge is 0.306 e. The molecule has 0 bridgehead atoms. The molecule has 2 rings (SSSR count). The van der Waals surface area contributed by atoms with E-state index >= 15 is 0 Å². The lowest BCUT2D eigenvalue weighted by atomic mass is 9.79. The lowest BCUT2D eigenvalue weighted by Crippen LogP contribution is -2.35. The molecule has 26 heavy (non-hydrogen) atoms. The predicted octanol–water partition coefficient (Wildman–Crippen LogP) is 4.65. The summed E-state index contributed by atoms with van der Waals surface area (Å²) in [5, 5.41) is 9.46. The number of carboxylic acids is 1. The third kappa shape index (κ3) is 5.10. The van der Waals surface area contributed by atoms with Crippen LogP contribution in [0.25, 0.3) is 0 Å². The summed E-state index contributed by atoms with van der Waals surface area (Å²) < 4.78 is 28.9. The average molecular weight is 372 g/mol. The van der Waals surface area contributed by atoms with Crippen LogP contribution in [0, 0.1) is 23.7 Å². The van der Waals surface area contributed by atoms with Crippen LogP contribution in [0.2, 0.25) is 0 Å². The lowest BCUT2D eigenvalue weighted by molar-refractivity contribution is -0.152. The molecule has 0 aromatic heterocycles. The van der Waals surface area contributed by atoms with Crippen molar-refractivity contribution in [3.05, 3.63) is 0 Å². The van der Waals surface area contributed by atoms with Gasteiger partial charge in [0.25, 0.3) is 0 Å². The quantitative estimate of drug-likeness (QED) is 0.766. The van der Waals surface area contributed by atoms with E-state index in [0.717, 1.165) is 19.3 Å². The Balaban J connectivity index is 2.16. The number of hydrogen-bond donors (Lipinski definition) is 1. The molecule has 0 aromatic rings. The van der Waals surface area contributed by atoms with Crippen LogP contribution in [-0.2, 0) is 14.4 Å². The SMILES string of the molecule is CC[C@H]1CC(F)(F)C(=O)CC[C@H]2CCC(=O)C2CCCCCC1C(=O)O. The van der Waals surface area contributed by atoms with Gasteiger partial charge in [0.05, 0.1) is 5.92 Å². The summed E-state index contributed by atoms with van der Waals surface area (Å²) in [5.74, 6) is -7.07. The molecule has 6 heteroatoms. The fourth-order valence-corrected chi connectivity index (χ4v) is 4.70. The van der Waals surface area contributed by atoms with E-state index in [0.29, 0.717) is 38.5 Å². The first kappa shape index (κ1) is 21.0. The number of rotatable bonds is 2. The molecule has 0 aromatic carbocycles. The van der Waals surface area contributed by atoms with E-state index in [2.05, 4.69) is 0 Å². The van der Waals surface area contributed by atoms with Gasteiger partial charge >= 0.3 is 11.9 Å². The van der Waals surface area contributed by atoms with Crippen molar-refractivity contribution in [2.75, 3.05) is 0 Å². The van der Waals surface area contributed by atoms with Crippen molar-refractivity contribution in [2.24, 2.45) is 23.7 Å². The van der Waals surface area contributed by atoms with Crippen molar-refractivity contribution in [3.63, 3.8) is 0 Å². The zero-order valence-corrected chi connectivity index (χ0v) is 15.5. The van der Waals surface area contributed by atoms with Gasteiger partial charge in [-0.1, -0.05) is 32.6 Å².